The highest BCUT2D eigenvalue weighted by Crippen LogP contribution is 1.87. The third-order valence-electron chi connectivity index (χ3n) is 0.692. The molecule has 0 rings (SSSR count). The molecule has 0 heterocycles. The number of rotatable bonds is 1. The van der Waals surface area contributed by atoms with Crippen molar-refractivity contribution in [1.82, 2.24) is 0 Å². The number of hydrogen-bond acceptors (Lipinski definition) is 3. The molecule has 0 aromatic rings. The van der Waals surface area contributed by atoms with Crippen molar-refractivity contribution in [3.8, 4) is 0 Å². The molecule has 0 saturated carbocycles. The molecule has 0 spiro atoms. The van der Waals surface area contributed by atoms with E-state index < -0.39 is 5.29 Å². The molecule has 0 amide bonds. The van der Waals surface area contributed by atoms with Gasteiger partial charge in [0.1, 0.15) is 0 Å². The van der Waals surface area contributed by atoms with Crippen molar-refractivity contribution >= 4 is 10.2 Å². The van der Waals surface area contributed by atoms with E-state index in [0.717, 1.165) is 0 Å². The summed E-state index contributed by atoms with van der Waals surface area (Å²) in [5, 5.41) is -0.778. The van der Waals surface area contributed by atoms with Crippen LogP contribution in [-0.2, 0) is 0 Å². The van der Waals surface area contributed by atoms with Crippen LogP contribution in [0.25, 0.3) is 0 Å². The molecule has 42 valence electrons. The van der Waals surface area contributed by atoms with Crippen LogP contribution in [0.5, 0.6) is 0 Å². The monoisotopic (exact) mass is 117 g/mol. The lowest BCUT2D eigenvalue weighted by molar-refractivity contribution is 0.724. The van der Waals surface area contributed by atoms with Gasteiger partial charge in [0, 0.05) is 5.70 Å². The van der Waals surface area contributed by atoms with Crippen LogP contribution in [0, 0.1) is 0 Å². The highest BCUT2D eigenvalue weighted by Gasteiger charge is 2.10. The van der Waals surface area contributed by atoms with Crippen LogP contribution >= 0.6 is 0 Å². The Balaban J connectivity index is 3.79. The highest BCUT2D eigenvalue weighted by atomic mass is 28.1. The Morgan fingerprint density at radius 2 is 1.71 bits per heavy atom. The molecule has 0 saturated heterocycles. The molecule has 0 radical (unpaired) electrons. The van der Waals surface area contributed by atoms with Crippen molar-refractivity contribution in [2.45, 2.75) is 5.29 Å². The van der Waals surface area contributed by atoms with Crippen molar-refractivity contribution in [3.63, 3.8) is 0 Å². The zero-order chi connectivity index (χ0) is 6.08. The summed E-state index contributed by atoms with van der Waals surface area (Å²) in [6.07, 6.45) is 0. The van der Waals surface area contributed by atoms with Crippen molar-refractivity contribution < 1.29 is 0 Å². The molecule has 0 atom stereocenters. The standard InChI is InChI=1S/C3H11N3Si/c1-2(4)3(5,6)7/h1,4-6H2,7H3. The Morgan fingerprint density at radius 1 is 1.57 bits per heavy atom. The van der Waals surface area contributed by atoms with Crippen LogP contribution in [0.3, 0.4) is 0 Å². The minimum Gasteiger partial charge on any atom is -0.400 e. The summed E-state index contributed by atoms with van der Waals surface area (Å²) in [6, 6.07) is 0. The van der Waals surface area contributed by atoms with E-state index in [-0.39, 0.29) is 0 Å². The number of nitrogens with two attached hydrogens (primary N) is 3. The quantitative estimate of drug-likeness (QED) is 0.260. The van der Waals surface area contributed by atoms with E-state index in [4.69, 9.17) is 17.2 Å². The first kappa shape index (κ1) is 6.68. The summed E-state index contributed by atoms with van der Waals surface area (Å²) in [5.41, 5.74) is 16.1. The summed E-state index contributed by atoms with van der Waals surface area (Å²) in [6.45, 7) is 3.39. The highest BCUT2D eigenvalue weighted by molar-refractivity contribution is 6.16. The Bertz CT molecular complexity index is 82.7. The van der Waals surface area contributed by atoms with Crippen LogP contribution < -0.4 is 17.2 Å². The third kappa shape index (κ3) is 2.38. The molecule has 0 aromatic carbocycles. The van der Waals surface area contributed by atoms with Gasteiger partial charge in [0.15, 0.2) is 0 Å². The van der Waals surface area contributed by atoms with Gasteiger partial charge < -0.3 is 17.2 Å². The van der Waals surface area contributed by atoms with Gasteiger partial charge in [0.05, 0.1) is 15.5 Å². The lowest BCUT2D eigenvalue weighted by atomic mass is 10.4. The molecule has 6 N–H and O–H groups in total. The molecule has 0 aliphatic heterocycles. The predicted octanol–water partition coefficient (Wildman–Crippen LogP) is -2.60. The smallest absolute Gasteiger partial charge is 0.0809 e. The van der Waals surface area contributed by atoms with Gasteiger partial charge in [-0.1, -0.05) is 6.58 Å². The minimum atomic E-state index is -0.778. The summed E-state index contributed by atoms with van der Waals surface area (Å²) in [5.74, 6) is 0. The molecule has 0 unspecified atom stereocenters. The van der Waals surface area contributed by atoms with E-state index in [1.807, 2.05) is 0 Å². The third-order valence-corrected chi connectivity index (χ3v) is 1.33. The maximum atomic E-state index is 5.29. The molecule has 0 fully saturated rings. The van der Waals surface area contributed by atoms with Gasteiger partial charge in [0.25, 0.3) is 0 Å². The molecule has 0 bridgehead atoms. The van der Waals surface area contributed by atoms with Crippen LogP contribution in [-0.4, -0.2) is 15.5 Å². The van der Waals surface area contributed by atoms with Crippen molar-refractivity contribution in [1.29, 1.82) is 0 Å². The van der Waals surface area contributed by atoms with E-state index in [1.165, 1.54) is 0 Å². The number of hydrogen-bond donors (Lipinski definition) is 3. The Kier molecular flexibility index (Phi) is 1.57. The average Bonchev–Trinajstić information content (AvgIpc) is 1.31. The maximum Gasteiger partial charge on any atom is 0.0809 e. The fourth-order valence-electron chi connectivity index (χ4n) is 0. The molecule has 0 aliphatic carbocycles. The zero-order valence-corrected chi connectivity index (χ0v) is 6.44. The van der Waals surface area contributed by atoms with E-state index in [9.17, 15) is 0 Å². The van der Waals surface area contributed by atoms with Gasteiger partial charge in [-0.3, -0.25) is 0 Å². The van der Waals surface area contributed by atoms with E-state index in [2.05, 4.69) is 6.58 Å². The first-order valence-corrected chi connectivity index (χ1v) is 2.97. The van der Waals surface area contributed by atoms with Gasteiger partial charge in [-0.2, -0.15) is 0 Å². The summed E-state index contributed by atoms with van der Waals surface area (Å²) < 4.78 is 0. The normalized spacial score (nSPS) is 11.7. The molecule has 3 nitrogen and oxygen atoms in total. The van der Waals surface area contributed by atoms with Gasteiger partial charge in [-0.05, 0) is 0 Å². The molecular weight excluding hydrogens is 106 g/mol. The summed E-state index contributed by atoms with van der Waals surface area (Å²) in [7, 11) is 0.644. The van der Waals surface area contributed by atoms with E-state index in [1.54, 1.807) is 0 Å². The van der Waals surface area contributed by atoms with Gasteiger partial charge >= 0.3 is 0 Å². The van der Waals surface area contributed by atoms with Crippen LogP contribution in [0.4, 0.5) is 0 Å². The minimum absolute atomic E-state index is 0.360. The van der Waals surface area contributed by atoms with Gasteiger partial charge in [0.2, 0.25) is 0 Å². The zero-order valence-electron chi connectivity index (χ0n) is 4.44. The fraction of sp³-hybridized carbons (Fsp3) is 0.333. The topological polar surface area (TPSA) is 78.1 Å². The second-order valence-corrected chi connectivity index (χ2v) is 3.46. The fourth-order valence-corrected chi connectivity index (χ4v) is 0. The predicted molar refractivity (Wildman–Crippen MR) is 34.4 cm³/mol. The summed E-state index contributed by atoms with van der Waals surface area (Å²) >= 11 is 0. The molecule has 0 aliphatic rings. The SMILES string of the molecule is C=C(N)C(N)(N)[SiH3]. The van der Waals surface area contributed by atoms with Crippen molar-refractivity contribution in [2.24, 2.45) is 17.2 Å². The second kappa shape index (κ2) is 1.65. The first-order valence-electron chi connectivity index (χ1n) is 1.97. The Morgan fingerprint density at radius 3 is 1.71 bits per heavy atom. The van der Waals surface area contributed by atoms with Crippen LogP contribution in [0.2, 0.25) is 0 Å². The largest absolute Gasteiger partial charge is 0.400 e. The maximum absolute atomic E-state index is 5.29. The summed E-state index contributed by atoms with van der Waals surface area (Å²) in [4.78, 5) is 0. The van der Waals surface area contributed by atoms with Gasteiger partial charge in [-0.15, -0.1) is 0 Å². The van der Waals surface area contributed by atoms with Gasteiger partial charge in [-0.25, -0.2) is 0 Å². The Labute approximate surface area is 46.0 Å². The van der Waals surface area contributed by atoms with Crippen molar-refractivity contribution in [2.75, 3.05) is 0 Å². The lowest BCUT2D eigenvalue weighted by Gasteiger charge is -2.17. The van der Waals surface area contributed by atoms with Crippen LogP contribution in [0.15, 0.2) is 12.3 Å². The Hall–Kier alpha value is -0.323. The molecule has 4 heteroatoms. The van der Waals surface area contributed by atoms with E-state index in [0.29, 0.717) is 15.9 Å². The lowest BCUT2D eigenvalue weighted by Crippen LogP contribution is -2.53. The molecule has 0 aromatic heterocycles. The second-order valence-electron chi connectivity index (χ2n) is 1.81. The molecule has 7 heavy (non-hydrogen) atoms. The van der Waals surface area contributed by atoms with Crippen molar-refractivity contribution in [3.05, 3.63) is 12.3 Å². The van der Waals surface area contributed by atoms with Crippen LogP contribution in [0.1, 0.15) is 0 Å². The average molecular weight is 117 g/mol. The first-order chi connectivity index (χ1) is 2.94. The van der Waals surface area contributed by atoms with E-state index >= 15 is 0 Å². The molecular formula is C3H11N3Si.